The minimum Gasteiger partial charge on any atom is -0.370 e. The second-order valence-corrected chi connectivity index (χ2v) is 5.14. The Bertz CT molecular complexity index is 764. The molecule has 7 N–H and O–H groups in total. The highest BCUT2D eigenvalue weighted by Gasteiger charge is 2.26. The Balaban J connectivity index is 1.98. The van der Waals surface area contributed by atoms with Crippen LogP contribution in [0.1, 0.15) is 11.1 Å². The summed E-state index contributed by atoms with van der Waals surface area (Å²) in [5.41, 5.74) is 20.2. The van der Waals surface area contributed by atoms with Crippen molar-refractivity contribution in [1.29, 1.82) is 0 Å². The van der Waals surface area contributed by atoms with Gasteiger partial charge in [0.25, 0.3) is 0 Å². The number of nitrogen functional groups attached to an aromatic ring is 1. The molecule has 22 heavy (non-hydrogen) atoms. The van der Waals surface area contributed by atoms with Crippen molar-refractivity contribution in [2.45, 2.75) is 12.6 Å². The summed E-state index contributed by atoms with van der Waals surface area (Å²) < 4.78 is 0. The number of hydrogen-bond donors (Lipinski definition) is 4. The number of nitrogens with one attached hydrogen (secondary N) is 1. The van der Waals surface area contributed by atoms with Crippen molar-refractivity contribution in [3.63, 3.8) is 0 Å². The molecule has 0 amide bonds. The van der Waals surface area contributed by atoms with Gasteiger partial charge in [0.05, 0.1) is 5.69 Å². The van der Waals surface area contributed by atoms with Crippen molar-refractivity contribution in [3.8, 4) is 11.3 Å². The molecule has 1 aliphatic heterocycles. The van der Waals surface area contributed by atoms with Gasteiger partial charge < -0.3 is 16.8 Å². The highest BCUT2D eigenvalue weighted by atomic mass is 15.2. The maximum atomic E-state index is 6.27. The molecule has 0 spiro atoms. The van der Waals surface area contributed by atoms with Gasteiger partial charge >= 0.3 is 0 Å². The summed E-state index contributed by atoms with van der Waals surface area (Å²) in [4.78, 5) is 12.5. The van der Waals surface area contributed by atoms with Crippen LogP contribution >= 0.6 is 0 Å². The van der Waals surface area contributed by atoms with Crippen LogP contribution in [0.25, 0.3) is 11.3 Å². The lowest BCUT2D eigenvalue weighted by molar-refractivity contribution is 0.581. The van der Waals surface area contributed by atoms with E-state index in [0.29, 0.717) is 0 Å². The zero-order chi connectivity index (χ0) is 15.7. The van der Waals surface area contributed by atoms with Gasteiger partial charge in [-0.3, -0.25) is 5.73 Å². The van der Waals surface area contributed by atoms with Crippen molar-refractivity contribution in [2.24, 2.45) is 16.5 Å². The minimum absolute atomic E-state index is 0.249. The van der Waals surface area contributed by atoms with Crippen LogP contribution in [0, 0.1) is 6.92 Å². The van der Waals surface area contributed by atoms with Gasteiger partial charge in [-0.25, -0.2) is 15.0 Å². The van der Waals surface area contributed by atoms with E-state index < -0.39 is 5.66 Å². The topological polar surface area (TPSA) is 128 Å². The standard InChI is InChI=1S/C15H17N7/c1-9-8-20-13(16)21-12(9)10-2-4-11(5-3-10)15(18)6-7-19-14(17)22-15/h2-8H,18H2,1H3,(H2,16,20,21)(H3,17,19,22). The molecule has 0 fully saturated rings. The molecular weight excluding hydrogens is 278 g/mol. The Morgan fingerprint density at radius 2 is 1.86 bits per heavy atom. The van der Waals surface area contributed by atoms with Gasteiger partial charge in [0.15, 0.2) is 11.6 Å². The highest BCUT2D eigenvalue weighted by Crippen LogP contribution is 2.27. The Hall–Kier alpha value is -2.93. The summed E-state index contributed by atoms with van der Waals surface area (Å²) in [5, 5.41) is 2.79. The fourth-order valence-electron chi connectivity index (χ4n) is 2.33. The molecule has 1 atom stereocenters. The summed E-state index contributed by atoms with van der Waals surface area (Å²) in [6.07, 6.45) is 5.15. The number of nitrogens with zero attached hydrogens (tertiary/aromatic N) is 3. The monoisotopic (exact) mass is 295 g/mol. The molecule has 0 aliphatic carbocycles. The molecule has 1 aliphatic rings. The van der Waals surface area contributed by atoms with E-state index in [1.54, 1.807) is 18.5 Å². The van der Waals surface area contributed by atoms with Gasteiger partial charge in [-0.2, -0.15) is 0 Å². The van der Waals surface area contributed by atoms with E-state index in [9.17, 15) is 0 Å². The number of aromatic nitrogens is 2. The van der Waals surface area contributed by atoms with Crippen LogP contribution in [-0.4, -0.2) is 15.9 Å². The third-order valence-corrected chi connectivity index (χ3v) is 3.49. The van der Waals surface area contributed by atoms with Crippen LogP contribution in [0.2, 0.25) is 0 Å². The van der Waals surface area contributed by atoms with Crippen molar-refractivity contribution < 1.29 is 0 Å². The zero-order valence-corrected chi connectivity index (χ0v) is 12.1. The van der Waals surface area contributed by atoms with E-state index in [0.717, 1.165) is 22.4 Å². The zero-order valence-electron chi connectivity index (χ0n) is 12.1. The fraction of sp³-hybridized carbons (Fsp3) is 0.133. The predicted octanol–water partition coefficient (Wildman–Crippen LogP) is 0.577. The molecule has 112 valence electrons. The predicted molar refractivity (Wildman–Crippen MR) is 86.4 cm³/mol. The SMILES string of the molecule is Cc1cnc(N)nc1-c1ccc(C2(N)C=CNC(N)=N2)cc1. The molecule has 0 saturated carbocycles. The average Bonchev–Trinajstić information content (AvgIpc) is 2.50. The Kier molecular flexibility index (Phi) is 3.26. The van der Waals surface area contributed by atoms with Crippen LogP contribution in [-0.2, 0) is 5.66 Å². The lowest BCUT2D eigenvalue weighted by Gasteiger charge is -2.25. The molecule has 2 heterocycles. The average molecular weight is 295 g/mol. The quantitative estimate of drug-likeness (QED) is 0.641. The van der Waals surface area contributed by atoms with Crippen LogP contribution < -0.4 is 22.5 Å². The van der Waals surface area contributed by atoms with Gasteiger partial charge in [0.1, 0.15) is 0 Å². The number of rotatable bonds is 2. The number of aliphatic imine (C=N–C) groups is 1. The van der Waals surface area contributed by atoms with Crippen LogP contribution in [0.3, 0.4) is 0 Å². The molecule has 1 aromatic heterocycles. The second-order valence-electron chi connectivity index (χ2n) is 5.14. The number of aryl methyl sites for hydroxylation is 1. The van der Waals surface area contributed by atoms with E-state index >= 15 is 0 Å². The molecule has 3 rings (SSSR count). The number of nitrogens with two attached hydrogens (primary N) is 3. The third kappa shape index (κ3) is 2.49. The van der Waals surface area contributed by atoms with Crippen molar-refractivity contribution >= 4 is 11.9 Å². The van der Waals surface area contributed by atoms with Gasteiger partial charge in [0.2, 0.25) is 5.95 Å². The fourth-order valence-corrected chi connectivity index (χ4v) is 2.33. The van der Waals surface area contributed by atoms with Gasteiger partial charge in [0, 0.05) is 18.0 Å². The summed E-state index contributed by atoms with van der Waals surface area (Å²) in [6, 6.07) is 7.67. The molecule has 7 nitrogen and oxygen atoms in total. The van der Waals surface area contributed by atoms with Crippen molar-refractivity contribution in [1.82, 2.24) is 15.3 Å². The minimum atomic E-state index is -0.965. The first-order valence-electron chi connectivity index (χ1n) is 6.76. The van der Waals surface area contributed by atoms with Crippen molar-refractivity contribution in [2.75, 3.05) is 5.73 Å². The lowest BCUT2D eigenvalue weighted by atomic mass is 9.97. The molecule has 2 aromatic rings. The first-order chi connectivity index (χ1) is 10.5. The van der Waals surface area contributed by atoms with Crippen LogP contribution in [0.4, 0.5) is 5.95 Å². The normalized spacial score (nSPS) is 20.4. The summed E-state index contributed by atoms with van der Waals surface area (Å²) in [7, 11) is 0. The van der Waals surface area contributed by atoms with E-state index in [1.165, 1.54) is 0 Å². The molecule has 0 saturated heterocycles. The molecule has 7 heteroatoms. The summed E-state index contributed by atoms with van der Waals surface area (Å²) in [6.45, 7) is 1.94. The van der Waals surface area contributed by atoms with Gasteiger partial charge in [-0.15, -0.1) is 0 Å². The maximum Gasteiger partial charge on any atom is 0.220 e. The van der Waals surface area contributed by atoms with Crippen LogP contribution in [0.15, 0.2) is 47.7 Å². The first-order valence-corrected chi connectivity index (χ1v) is 6.76. The van der Waals surface area contributed by atoms with Crippen LogP contribution in [0.5, 0.6) is 0 Å². The second kappa shape index (κ2) is 5.12. The number of benzene rings is 1. The molecule has 0 radical (unpaired) electrons. The van der Waals surface area contributed by atoms with E-state index in [1.807, 2.05) is 31.2 Å². The molecule has 1 unspecified atom stereocenters. The Labute approximate surface area is 128 Å². The third-order valence-electron chi connectivity index (χ3n) is 3.49. The van der Waals surface area contributed by atoms with E-state index in [-0.39, 0.29) is 11.9 Å². The molecular formula is C15H17N7. The number of guanidine groups is 1. The number of hydrogen-bond acceptors (Lipinski definition) is 7. The molecule has 0 bridgehead atoms. The number of anilines is 1. The van der Waals surface area contributed by atoms with Gasteiger partial charge in [-0.1, -0.05) is 24.3 Å². The first kappa shape index (κ1) is 14.0. The van der Waals surface area contributed by atoms with Crippen molar-refractivity contribution in [3.05, 3.63) is 53.9 Å². The lowest BCUT2D eigenvalue weighted by Crippen LogP contribution is -2.42. The van der Waals surface area contributed by atoms with E-state index in [4.69, 9.17) is 17.2 Å². The summed E-state index contributed by atoms with van der Waals surface area (Å²) >= 11 is 0. The smallest absolute Gasteiger partial charge is 0.220 e. The van der Waals surface area contributed by atoms with E-state index in [2.05, 4.69) is 20.3 Å². The maximum absolute atomic E-state index is 6.27. The molecule has 1 aromatic carbocycles. The largest absolute Gasteiger partial charge is 0.370 e. The summed E-state index contributed by atoms with van der Waals surface area (Å²) in [5.74, 6) is 0.534. The Morgan fingerprint density at radius 1 is 1.14 bits per heavy atom. The highest BCUT2D eigenvalue weighted by molar-refractivity contribution is 5.80. The van der Waals surface area contributed by atoms with Gasteiger partial charge in [-0.05, 0) is 24.1 Å². The Morgan fingerprint density at radius 3 is 2.55 bits per heavy atom.